The predicted molar refractivity (Wildman–Crippen MR) is 70.7 cm³/mol. The van der Waals surface area contributed by atoms with Crippen molar-refractivity contribution in [1.29, 1.82) is 5.26 Å². The van der Waals surface area contributed by atoms with Crippen molar-refractivity contribution >= 4 is 11.5 Å². The van der Waals surface area contributed by atoms with Crippen LogP contribution in [0, 0.1) is 32.1 Å². The first-order valence-corrected chi connectivity index (χ1v) is 5.67. The van der Waals surface area contributed by atoms with Crippen LogP contribution in [-0.4, -0.2) is 9.97 Å². The maximum atomic E-state index is 9.01. The van der Waals surface area contributed by atoms with E-state index in [9.17, 15) is 0 Å². The molecule has 1 aromatic heterocycles. The fourth-order valence-electron chi connectivity index (χ4n) is 2.01. The van der Waals surface area contributed by atoms with Gasteiger partial charge in [-0.1, -0.05) is 17.7 Å². The molecule has 4 nitrogen and oxygen atoms in total. The van der Waals surface area contributed by atoms with Crippen molar-refractivity contribution < 1.29 is 0 Å². The largest absolute Gasteiger partial charge is 0.339 e. The van der Waals surface area contributed by atoms with Crippen LogP contribution in [0.5, 0.6) is 0 Å². The second-order valence-electron chi connectivity index (χ2n) is 4.30. The number of nitrogens with zero attached hydrogens (tertiary/aromatic N) is 3. The van der Waals surface area contributed by atoms with Gasteiger partial charge in [0, 0.05) is 5.69 Å². The summed E-state index contributed by atoms with van der Waals surface area (Å²) in [4.78, 5) is 7.95. The molecule has 0 saturated carbocycles. The van der Waals surface area contributed by atoms with Crippen LogP contribution in [0.4, 0.5) is 11.5 Å². The van der Waals surface area contributed by atoms with Crippen LogP contribution in [0.2, 0.25) is 0 Å². The zero-order chi connectivity index (χ0) is 13.1. The normalized spacial score (nSPS) is 9.89. The van der Waals surface area contributed by atoms with Gasteiger partial charge in [-0.25, -0.2) is 9.97 Å². The molecule has 18 heavy (non-hydrogen) atoms. The first-order valence-electron chi connectivity index (χ1n) is 5.67. The van der Waals surface area contributed by atoms with Gasteiger partial charge in [0.1, 0.15) is 18.0 Å². The summed E-state index contributed by atoms with van der Waals surface area (Å²) in [7, 11) is 0. The smallest absolute Gasteiger partial charge is 0.151 e. The molecule has 90 valence electrons. The predicted octanol–water partition coefficient (Wildman–Crippen LogP) is 3.02. The first kappa shape index (κ1) is 12.1. The van der Waals surface area contributed by atoms with E-state index in [1.807, 2.05) is 13.8 Å². The summed E-state index contributed by atoms with van der Waals surface area (Å²) in [5.74, 6) is 0.544. The standard InChI is InChI=1S/C14H14N4/c1-9-4-10(2)13(11(3)5-9)18-14-12(6-15)7-16-8-17-14/h4-5,7-8H,1-3H3,(H,16,17,18). The van der Waals surface area contributed by atoms with E-state index in [1.54, 1.807) is 0 Å². The lowest BCUT2D eigenvalue weighted by molar-refractivity contribution is 1.15. The molecule has 0 saturated heterocycles. The lowest BCUT2D eigenvalue weighted by Crippen LogP contribution is -2.01. The summed E-state index contributed by atoms with van der Waals surface area (Å²) in [6.45, 7) is 6.14. The maximum absolute atomic E-state index is 9.01. The Morgan fingerprint density at radius 2 is 1.83 bits per heavy atom. The molecule has 0 fully saturated rings. The van der Waals surface area contributed by atoms with Crippen molar-refractivity contribution in [3.63, 3.8) is 0 Å². The Labute approximate surface area is 106 Å². The fourth-order valence-corrected chi connectivity index (χ4v) is 2.01. The molecule has 0 bridgehead atoms. The summed E-state index contributed by atoms with van der Waals surface area (Å²) in [5.41, 5.74) is 4.93. The molecular formula is C14H14N4. The molecular weight excluding hydrogens is 224 g/mol. The Hall–Kier alpha value is -2.41. The third-order valence-corrected chi connectivity index (χ3v) is 2.75. The summed E-state index contributed by atoms with van der Waals surface area (Å²) >= 11 is 0. The van der Waals surface area contributed by atoms with Crippen LogP contribution in [0.3, 0.4) is 0 Å². The van der Waals surface area contributed by atoms with Crippen molar-refractivity contribution in [3.05, 3.63) is 46.9 Å². The van der Waals surface area contributed by atoms with Gasteiger partial charge < -0.3 is 5.32 Å². The van der Waals surface area contributed by atoms with E-state index in [0.29, 0.717) is 11.4 Å². The van der Waals surface area contributed by atoms with Gasteiger partial charge in [-0.2, -0.15) is 5.26 Å². The molecule has 2 rings (SSSR count). The highest BCUT2D eigenvalue weighted by molar-refractivity contribution is 5.68. The summed E-state index contributed by atoms with van der Waals surface area (Å²) in [5, 5.41) is 12.2. The molecule has 0 aliphatic carbocycles. The van der Waals surface area contributed by atoms with Crippen LogP contribution in [0.1, 0.15) is 22.3 Å². The molecule has 1 N–H and O–H groups in total. The van der Waals surface area contributed by atoms with Crippen LogP contribution < -0.4 is 5.32 Å². The molecule has 4 heteroatoms. The highest BCUT2D eigenvalue weighted by Crippen LogP contribution is 2.25. The monoisotopic (exact) mass is 238 g/mol. The lowest BCUT2D eigenvalue weighted by Gasteiger charge is -2.13. The Morgan fingerprint density at radius 3 is 2.44 bits per heavy atom. The van der Waals surface area contributed by atoms with Gasteiger partial charge in [-0.3, -0.25) is 0 Å². The molecule has 0 aliphatic rings. The Bertz CT molecular complexity index is 603. The Morgan fingerprint density at radius 1 is 1.17 bits per heavy atom. The number of benzene rings is 1. The molecule has 0 radical (unpaired) electrons. The number of nitrogens with one attached hydrogen (secondary N) is 1. The average molecular weight is 238 g/mol. The number of hydrogen-bond acceptors (Lipinski definition) is 4. The number of aromatic nitrogens is 2. The minimum Gasteiger partial charge on any atom is -0.339 e. The van der Waals surface area contributed by atoms with Gasteiger partial charge in [0.05, 0.1) is 6.20 Å². The van der Waals surface area contributed by atoms with Gasteiger partial charge in [0.2, 0.25) is 0 Å². The van der Waals surface area contributed by atoms with E-state index in [0.717, 1.165) is 16.8 Å². The summed E-state index contributed by atoms with van der Waals surface area (Å²) in [6.07, 6.45) is 2.94. The van der Waals surface area contributed by atoms with E-state index >= 15 is 0 Å². The second-order valence-corrected chi connectivity index (χ2v) is 4.30. The van der Waals surface area contributed by atoms with E-state index in [4.69, 9.17) is 5.26 Å². The highest BCUT2D eigenvalue weighted by Gasteiger charge is 2.08. The van der Waals surface area contributed by atoms with Gasteiger partial charge in [-0.15, -0.1) is 0 Å². The molecule has 1 aromatic carbocycles. The zero-order valence-electron chi connectivity index (χ0n) is 10.7. The second kappa shape index (κ2) is 4.84. The van der Waals surface area contributed by atoms with Gasteiger partial charge >= 0.3 is 0 Å². The van der Waals surface area contributed by atoms with E-state index < -0.39 is 0 Å². The lowest BCUT2D eigenvalue weighted by atomic mass is 10.1. The van der Waals surface area contributed by atoms with Crippen LogP contribution >= 0.6 is 0 Å². The van der Waals surface area contributed by atoms with Crippen LogP contribution in [0.15, 0.2) is 24.7 Å². The van der Waals surface area contributed by atoms with Crippen molar-refractivity contribution in [3.8, 4) is 6.07 Å². The minimum atomic E-state index is 0.442. The average Bonchev–Trinajstić information content (AvgIpc) is 2.34. The molecule has 0 aliphatic heterocycles. The van der Waals surface area contributed by atoms with E-state index in [1.165, 1.54) is 18.1 Å². The number of hydrogen-bond donors (Lipinski definition) is 1. The number of nitriles is 1. The Kier molecular flexibility index (Phi) is 3.24. The quantitative estimate of drug-likeness (QED) is 0.873. The zero-order valence-corrected chi connectivity index (χ0v) is 10.7. The van der Waals surface area contributed by atoms with Crippen molar-refractivity contribution in [1.82, 2.24) is 9.97 Å². The summed E-state index contributed by atoms with van der Waals surface area (Å²) < 4.78 is 0. The van der Waals surface area contributed by atoms with Gasteiger partial charge in [-0.05, 0) is 31.9 Å². The number of anilines is 2. The molecule has 0 atom stereocenters. The number of rotatable bonds is 2. The molecule has 0 unspecified atom stereocenters. The first-order chi connectivity index (χ1) is 8.61. The topological polar surface area (TPSA) is 61.6 Å². The maximum Gasteiger partial charge on any atom is 0.151 e. The molecule has 0 amide bonds. The van der Waals surface area contributed by atoms with Gasteiger partial charge in [0.25, 0.3) is 0 Å². The molecule has 1 heterocycles. The number of aryl methyl sites for hydroxylation is 3. The minimum absolute atomic E-state index is 0.442. The fraction of sp³-hybridized carbons (Fsp3) is 0.214. The third kappa shape index (κ3) is 2.30. The third-order valence-electron chi connectivity index (χ3n) is 2.75. The highest BCUT2D eigenvalue weighted by atomic mass is 15.0. The van der Waals surface area contributed by atoms with Gasteiger partial charge in [0.15, 0.2) is 5.82 Å². The van der Waals surface area contributed by atoms with Crippen LogP contribution in [0.25, 0.3) is 0 Å². The molecule has 2 aromatic rings. The summed E-state index contributed by atoms with van der Waals surface area (Å²) in [6, 6.07) is 6.28. The van der Waals surface area contributed by atoms with Crippen LogP contribution in [-0.2, 0) is 0 Å². The molecule has 0 spiro atoms. The van der Waals surface area contributed by atoms with Crippen molar-refractivity contribution in [2.24, 2.45) is 0 Å². The van der Waals surface area contributed by atoms with E-state index in [2.05, 4.69) is 40.4 Å². The Balaban J connectivity index is 2.44. The van der Waals surface area contributed by atoms with E-state index in [-0.39, 0.29) is 0 Å². The SMILES string of the molecule is Cc1cc(C)c(Nc2ncncc2C#N)c(C)c1. The van der Waals surface area contributed by atoms with Crippen molar-refractivity contribution in [2.45, 2.75) is 20.8 Å². The van der Waals surface area contributed by atoms with Crippen molar-refractivity contribution in [2.75, 3.05) is 5.32 Å².